The molecule has 0 spiro atoms. The predicted octanol–water partition coefficient (Wildman–Crippen LogP) is 4.18. The third kappa shape index (κ3) is 5.66. The van der Waals surface area contributed by atoms with Gasteiger partial charge in [0.1, 0.15) is 12.4 Å². The lowest BCUT2D eigenvalue weighted by Gasteiger charge is -2.31. The summed E-state index contributed by atoms with van der Waals surface area (Å²) in [5.41, 5.74) is 2.72. The summed E-state index contributed by atoms with van der Waals surface area (Å²) in [5, 5.41) is 21.4. The van der Waals surface area contributed by atoms with E-state index >= 15 is 0 Å². The number of aromatic nitrogens is 1. The van der Waals surface area contributed by atoms with Crippen LogP contribution in [0.25, 0.3) is 0 Å². The zero-order valence-corrected chi connectivity index (χ0v) is 21.4. The van der Waals surface area contributed by atoms with Crippen molar-refractivity contribution in [3.63, 3.8) is 0 Å². The van der Waals surface area contributed by atoms with Gasteiger partial charge < -0.3 is 14.9 Å². The van der Waals surface area contributed by atoms with E-state index in [9.17, 15) is 18.3 Å². The Hall–Kier alpha value is -2.95. The Morgan fingerprint density at radius 3 is 2.40 bits per heavy atom. The van der Waals surface area contributed by atoms with Crippen LogP contribution in [0.5, 0.6) is 5.75 Å². The summed E-state index contributed by atoms with van der Waals surface area (Å²) < 4.78 is 34.7. The maximum Gasteiger partial charge on any atom is 0.335 e. The molecule has 35 heavy (non-hydrogen) atoms. The molecule has 0 aliphatic heterocycles. The maximum absolute atomic E-state index is 13.7. The average Bonchev–Trinajstić information content (AvgIpc) is 3.43. The van der Waals surface area contributed by atoms with E-state index in [1.165, 1.54) is 16.4 Å². The minimum Gasteiger partial charge on any atom is -0.487 e. The van der Waals surface area contributed by atoms with Gasteiger partial charge in [-0.25, -0.2) is 9.78 Å². The highest BCUT2D eigenvalue weighted by atomic mass is 32.2. The van der Waals surface area contributed by atoms with Crippen molar-refractivity contribution in [2.24, 2.45) is 0 Å². The smallest absolute Gasteiger partial charge is 0.335 e. The number of thiazole rings is 1. The van der Waals surface area contributed by atoms with E-state index in [0.717, 1.165) is 47.3 Å². The van der Waals surface area contributed by atoms with Gasteiger partial charge >= 0.3 is 5.97 Å². The number of rotatable bonds is 9. The summed E-state index contributed by atoms with van der Waals surface area (Å²) in [6, 6.07) is 10.1. The lowest BCUT2D eigenvalue weighted by Crippen LogP contribution is -2.42. The SMILES string of the molecule is Cc1csc(S(=O)(=O)N(CC(C)(C)O)c2cc3c(cc2OCc2ccc(C(=O)O)cc2)CCC3)n1. The molecule has 10 heteroatoms. The summed E-state index contributed by atoms with van der Waals surface area (Å²) in [7, 11) is -4.07. The van der Waals surface area contributed by atoms with E-state index in [-0.39, 0.29) is 23.1 Å². The van der Waals surface area contributed by atoms with Gasteiger partial charge in [0.15, 0.2) is 0 Å². The Kier molecular flexibility index (Phi) is 6.90. The molecule has 0 atom stereocenters. The zero-order valence-electron chi connectivity index (χ0n) is 19.8. The molecule has 8 nitrogen and oxygen atoms in total. The molecule has 3 aromatic rings. The molecule has 0 saturated carbocycles. The first kappa shape index (κ1) is 25.2. The highest BCUT2D eigenvalue weighted by Gasteiger charge is 2.35. The second-order valence-corrected chi connectivity index (χ2v) is 12.2. The maximum atomic E-state index is 13.7. The fourth-order valence-electron chi connectivity index (χ4n) is 4.00. The molecule has 2 aromatic carbocycles. The Morgan fingerprint density at radius 1 is 1.17 bits per heavy atom. The van der Waals surface area contributed by atoms with Gasteiger partial charge in [0.25, 0.3) is 10.0 Å². The van der Waals surface area contributed by atoms with Crippen molar-refractivity contribution in [1.29, 1.82) is 0 Å². The van der Waals surface area contributed by atoms with Crippen LogP contribution in [0, 0.1) is 6.92 Å². The van der Waals surface area contributed by atoms with E-state index in [0.29, 0.717) is 17.1 Å². The van der Waals surface area contributed by atoms with Crippen LogP contribution in [0.2, 0.25) is 0 Å². The number of aryl methyl sites for hydroxylation is 3. The van der Waals surface area contributed by atoms with Crippen LogP contribution in [-0.2, 0) is 29.5 Å². The molecule has 1 aliphatic carbocycles. The first-order valence-electron chi connectivity index (χ1n) is 11.2. The number of carboxylic acids is 1. The van der Waals surface area contributed by atoms with Crippen molar-refractivity contribution >= 4 is 33.0 Å². The van der Waals surface area contributed by atoms with Crippen LogP contribution in [-0.4, -0.2) is 41.7 Å². The number of benzene rings is 2. The average molecular weight is 517 g/mol. The first-order valence-corrected chi connectivity index (χ1v) is 13.5. The minimum atomic E-state index is -4.07. The molecular formula is C25H28N2O6S2. The van der Waals surface area contributed by atoms with Gasteiger partial charge in [-0.05, 0) is 81.0 Å². The second kappa shape index (κ2) is 9.60. The molecule has 0 amide bonds. The Labute approximate surface area is 208 Å². The van der Waals surface area contributed by atoms with E-state index in [2.05, 4.69) is 4.98 Å². The molecule has 2 N–H and O–H groups in total. The van der Waals surface area contributed by atoms with E-state index in [1.54, 1.807) is 38.3 Å². The molecule has 0 radical (unpaired) electrons. The summed E-state index contributed by atoms with van der Waals surface area (Å²) in [6.45, 7) is 4.78. The standard InChI is InChI=1S/C25H28N2O6S2/c1-16-14-34-24(26-16)35(31,32)27(15-25(2,3)30)21-11-19-5-4-6-20(19)12-22(21)33-13-17-7-9-18(10-8-17)23(28)29/h7-12,14,30H,4-6,13,15H2,1-3H3,(H,28,29). The Morgan fingerprint density at radius 2 is 1.83 bits per heavy atom. The number of aliphatic hydroxyl groups is 1. The Balaban J connectivity index is 1.75. The molecular weight excluding hydrogens is 488 g/mol. The van der Waals surface area contributed by atoms with Gasteiger partial charge in [-0.3, -0.25) is 4.31 Å². The van der Waals surface area contributed by atoms with Crippen LogP contribution in [0.15, 0.2) is 46.1 Å². The number of fused-ring (bicyclic) bond motifs is 1. The lowest BCUT2D eigenvalue weighted by molar-refractivity contribution is 0.0696. The van der Waals surface area contributed by atoms with Crippen LogP contribution >= 0.6 is 11.3 Å². The summed E-state index contributed by atoms with van der Waals surface area (Å²) in [4.78, 5) is 15.3. The largest absolute Gasteiger partial charge is 0.487 e. The fourth-order valence-corrected chi connectivity index (χ4v) is 6.76. The normalized spacial score (nSPS) is 13.5. The second-order valence-electron chi connectivity index (χ2n) is 9.31. The third-order valence-electron chi connectivity index (χ3n) is 5.68. The van der Waals surface area contributed by atoms with Crippen molar-refractivity contribution in [3.8, 4) is 5.75 Å². The quantitative estimate of drug-likeness (QED) is 0.438. The van der Waals surface area contributed by atoms with Crippen molar-refractivity contribution in [3.05, 3.63) is 69.7 Å². The minimum absolute atomic E-state index is 0.0463. The van der Waals surface area contributed by atoms with Gasteiger partial charge in [0.05, 0.1) is 23.4 Å². The van der Waals surface area contributed by atoms with Gasteiger partial charge in [0, 0.05) is 11.1 Å². The number of hydrogen-bond donors (Lipinski definition) is 2. The van der Waals surface area contributed by atoms with Crippen LogP contribution in [0.4, 0.5) is 5.69 Å². The van der Waals surface area contributed by atoms with Crippen molar-refractivity contribution in [2.45, 2.75) is 56.6 Å². The number of aromatic carboxylic acids is 1. The highest BCUT2D eigenvalue weighted by molar-refractivity contribution is 7.94. The molecule has 1 aromatic heterocycles. The Bertz CT molecular complexity index is 1340. The molecule has 0 unspecified atom stereocenters. The zero-order chi connectivity index (χ0) is 25.4. The summed E-state index contributed by atoms with van der Waals surface area (Å²) >= 11 is 1.04. The van der Waals surface area contributed by atoms with Crippen LogP contribution in [0.1, 0.15) is 53.0 Å². The number of sulfonamides is 1. The van der Waals surface area contributed by atoms with Crippen LogP contribution < -0.4 is 9.04 Å². The molecule has 4 rings (SSSR count). The van der Waals surface area contributed by atoms with Gasteiger partial charge in [-0.2, -0.15) is 8.42 Å². The molecule has 0 fully saturated rings. The molecule has 0 bridgehead atoms. The van der Waals surface area contributed by atoms with Crippen molar-refractivity contribution in [2.75, 3.05) is 10.8 Å². The molecule has 0 saturated heterocycles. The number of carboxylic acid groups (broad SMARTS) is 1. The van der Waals surface area contributed by atoms with E-state index in [4.69, 9.17) is 9.84 Å². The van der Waals surface area contributed by atoms with Crippen molar-refractivity contribution in [1.82, 2.24) is 4.98 Å². The highest BCUT2D eigenvalue weighted by Crippen LogP contribution is 2.39. The molecule has 186 valence electrons. The van der Waals surface area contributed by atoms with Gasteiger partial charge in [-0.15, -0.1) is 11.3 Å². The number of carbonyl (C=O) groups is 1. The molecule has 1 aliphatic rings. The number of anilines is 1. The third-order valence-corrected chi connectivity index (χ3v) is 8.79. The van der Waals surface area contributed by atoms with E-state index in [1.807, 2.05) is 12.1 Å². The van der Waals surface area contributed by atoms with Crippen LogP contribution in [0.3, 0.4) is 0 Å². The fraction of sp³-hybridized carbons (Fsp3) is 0.360. The summed E-state index contributed by atoms with van der Waals surface area (Å²) in [5.74, 6) is -0.627. The van der Waals surface area contributed by atoms with Gasteiger partial charge in [-0.1, -0.05) is 12.1 Å². The number of ether oxygens (including phenoxy) is 1. The number of hydrogen-bond acceptors (Lipinski definition) is 7. The van der Waals surface area contributed by atoms with Crippen molar-refractivity contribution < 1.29 is 28.2 Å². The van der Waals surface area contributed by atoms with Gasteiger partial charge in [0.2, 0.25) is 4.34 Å². The molecule has 1 heterocycles. The lowest BCUT2D eigenvalue weighted by atomic mass is 10.1. The topological polar surface area (TPSA) is 117 Å². The monoisotopic (exact) mass is 516 g/mol. The predicted molar refractivity (Wildman–Crippen MR) is 134 cm³/mol. The summed E-state index contributed by atoms with van der Waals surface area (Å²) in [6.07, 6.45) is 2.69. The first-order chi connectivity index (χ1) is 16.4. The number of nitrogens with zero attached hydrogens (tertiary/aromatic N) is 2. The van der Waals surface area contributed by atoms with E-state index < -0.39 is 21.6 Å².